The van der Waals surface area contributed by atoms with Gasteiger partial charge in [-0.15, -0.1) is 0 Å². The third kappa shape index (κ3) is 6.64. The molecule has 0 aliphatic heterocycles. The summed E-state index contributed by atoms with van der Waals surface area (Å²) in [6.45, 7) is 2.15. The minimum absolute atomic E-state index is 0.0833. The molecule has 0 saturated heterocycles. The Balaban J connectivity index is 1.25. The van der Waals surface area contributed by atoms with Crippen molar-refractivity contribution in [3.63, 3.8) is 0 Å². The van der Waals surface area contributed by atoms with Gasteiger partial charge < -0.3 is 25.2 Å². The van der Waals surface area contributed by atoms with Crippen molar-refractivity contribution < 1.29 is 29.0 Å². The lowest BCUT2D eigenvalue weighted by molar-refractivity contribution is -0.127. The third-order valence-electron chi connectivity index (χ3n) is 7.24. The summed E-state index contributed by atoms with van der Waals surface area (Å²) < 4.78 is 11.6. The van der Waals surface area contributed by atoms with Crippen LogP contribution < -0.4 is 10.6 Å². The number of alkyl carbamates (subject to hydrolysis) is 1. The largest absolute Gasteiger partial charge is 0.477 e. The number of benzene rings is 3. The monoisotopic (exact) mass is 565 g/mol. The molecule has 5 rings (SSSR count). The van der Waals surface area contributed by atoms with Crippen LogP contribution in [0, 0.1) is 0 Å². The number of amides is 2. The second-order valence-corrected chi connectivity index (χ2v) is 10.0. The van der Waals surface area contributed by atoms with Gasteiger partial charge in [0.05, 0.1) is 12.7 Å². The topological polar surface area (TPSA) is 127 Å². The van der Waals surface area contributed by atoms with E-state index in [1.54, 1.807) is 13.0 Å². The molecule has 214 valence electrons. The molecule has 1 aromatic heterocycles. The Bertz CT molecular complexity index is 1510. The van der Waals surface area contributed by atoms with E-state index in [9.17, 15) is 14.4 Å². The van der Waals surface area contributed by atoms with E-state index in [1.165, 1.54) is 12.3 Å². The van der Waals surface area contributed by atoms with E-state index >= 15 is 0 Å². The Kier molecular flexibility index (Phi) is 8.89. The lowest BCUT2D eigenvalue weighted by Gasteiger charge is -2.25. The van der Waals surface area contributed by atoms with Crippen molar-refractivity contribution in [1.82, 2.24) is 15.6 Å². The fourth-order valence-corrected chi connectivity index (χ4v) is 5.02. The van der Waals surface area contributed by atoms with E-state index in [4.69, 9.17) is 14.6 Å². The number of carbonyl (C=O) groups is 3. The maximum absolute atomic E-state index is 13.3. The molecule has 3 N–H and O–H groups in total. The van der Waals surface area contributed by atoms with Crippen LogP contribution in [0.5, 0.6) is 0 Å². The molecule has 42 heavy (non-hydrogen) atoms. The summed E-state index contributed by atoms with van der Waals surface area (Å²) in [6.07, 6.45) is -0.0506. The highest BCUT2D eigenvalue weighted by Crippen LogP contribution is 2.44. The maximum atomic E-state index is 13.3. The molecule has 0 spiro atoms. The lowest BCUT2D eigenvalue weighted by atomic mass is 9.98. The summed E-state index contributed by atoms with van der Waals surface area (Å²) in [5, 5.41) is 14.5. The first-order valence-electron chi connectivity index (χ1n) is 13.6. The zero-order valence-corrected chi connectivity index (χ0v) is 23.0. The number of pyridine rings is 1. The first kappa shape index (κ1) is 28.5. The second kappa shape index (κ2) is 13.1. The number of fused-ring (bicyclic) bond motifs is 3. The van der Waals surface area contributed by atoms with E-state index in [-0.39, 0.29) is 31.4 Å². The first-order chi connectivity index (χ1) is 20.4. The van der Waals surface area contributed by atoms with E-state index in [2.05, 4.69) is 27.8 Å². The fraction of sp³-hybridized carbons (Fsp3) is 0.212. The minimum atomic E-state index is -1.14. The number of ether oxygens (including phenoxy) is 2. The van der Waals surface area contributed by atoms with Crippen molar-refractivity contribution >= 4 is 18.0 Å². The standard InChI is InChI=1S/C33H31N3O6/c1-21(41-19-22-9-3-2-4-10-22)30(31(37)35-18-23-15-16-29(32(38)39)34-17-23)36-33(40)42-20-28-26-13-7-5-11-24(26)25-12-6-8-14-27(25)28/h2-17,21,28,30H,18-20H2,1H3,(H,35,37)(H,36,40)(H,38,39). The van der Waals surface area contributed by atoms with Gasteiger partial charge in [0.15, 0.2) is 0 Å². The van der Waals surface area contributed by atoms with Gasteiger partial charge in [-0.05, 0) is 46.4 Å². The molecule has 0 saturated carbocycles. The number of nitrogens with one attached hydrogen (secondary N) is 2. The molecule has 2 amide bonds. The van der Waals surface area contributed by atoms with E-state index in [1.807, 2.05) is 66.7 Å². The van der Waals surface area contributed by atoms with Crippen LogP contribution in [0.1, 0.15) is 45.6 Å². The number of carboxylic acids is 1. The van der Waals surface area contributed by atoms with Crippen LogP contribution in [0.4, 0.5) is 4.79 Å². The summed E-state index contributed by atoms with van der Waals surface area (Å²) >= 11 is 0. The van der Waals surface area contributed by atoms with Gasteiger partial charge in [0.2, 0.25) is 5.91 Å². The minimum Gasteiger partial charge on any atom is -0.477 e. The molecule has 3 aromatic carbocycles. The van der Waals surface area contributed by atoms with Crippen molar-refractivity contribution in [2.45, 2.75) is 38.1 Å². The van der Waals surface area contributed by atoms with Crippen molar-refractivity contribution in [3.8, 4) is 11.1 Å². The number of carboxylic acid groups (broad SMARTS) is 1. The summed E-state index contributed by atoms with van der Waals surface area (Å²) in [7, 11) is 0. The zero-order chi connectivity index (χ0) is 29.5. The Labute approximate surface area is 243 Å². The molecule has 2 unspecified atom stereocenters. The predicted octanol–water partition coefficient (Wildman–Crippen LogP) is 4.91. The van der Waals surface area contributed by atoms with Gasteiger partial charge in [-0.25, -0.2) is 14.6 Å². The van der Waals surface area contributed by atoms with E-state index in [0.29, 0.717) is 5.56 Å². The molecule has 0 fully saturated rings. The number of aromatic nitrogens is 1. The Morgan fingerprint density at radius 3 is 2.12 bits per heavy atom. The molecule has 0 radical (unpaired) electrons. The Morgan fingerprint density at radius 1 is 0.857 bits per heavy atom. The quantitative estimate of drug-likeness (QED) is 0.236. The maximum Gasteiger partial charge on any atom is 0.407 e. The molecule has 1 aliphatic rings. The van der Waals surface area contributed by atoms with Crippen LogP contribution in [0.2, 0.25) is 0 Å². The van der Waals surface area contributed by atoms with Crippen molar-refractivity contribution in [1.29, 1.82) is 0 Å². The summed E-state index contributed by atoms with van der Waals surface area (Å²) in [6, 6.07) is 27.5. The van der Waals surface area contributed by atoms with Crippen molar-refractivity contribution in [3.05, 3.63) is 125 Å². The molecule has 4 aromatic rings. The van der Waals surface area contributed by atoms with Crippen molar-refractivity contribution in [2.24, 2.45) is 0 Å². The number of nitrogens with zero attached hydrogens (tertiary/aromatic N) is 1. The predicted molar refractivity (Wildman–Crippen MR) is 156 cm³/mol. The molecule has 9 nitrogen and oxygen atoms in total. The first-order valence-corrected chi connectivity index (χ1v) is 13.6. The zero-order valence-electron chi connectivity index (χ0n) is 23.0. The van der Waals surface area contributed by atoms with Crippen LogP contribution in [-0.2, 0) is 27.4 Å². The van der Waals surface area contributed by atoms with Gasteiger partial charge >= 0.3 is 12.1 Å². The number of hydrogen-bond acceptors (Lipinski definition) is 6. The van der Waals surface area contributed by atoms with Gasteiger partial charge in [0, 0.05) is 18.7 Å². The fourth-order valence-electron chi connectivity index (χ4n) is 5.02. The SMILES string of the molecule is CC(OCc1ccccc1)C(NC(=O)OCC1c2ccccc2-c2ccccc21)C(=O)NCc1ccc(C(=O)O)nc1. The van der Waals surface area contributed by atoms with Crippen LogP contribution in [0.15, 0.2) is 97.2 Å². The van der Waals surface area contributed by atoms with Crippen LogP contribution in [0.25, 0.3) is 11.1 Å². The highest BCUT2D eigenvalue weighted by Gasteiger charge is 2.31. The summed E-state index contributed by atoms with van der Waals surface area (Å²) in [4.78, 5) is 41.3. The van der Waals surface area contributed by atoms with E-state index in [0.717, 1.165) is 27.8 Å². The Hall–Kier alpha value is -5.02. The van der Waals surface area contributed by atoms with Gasteiger partial charge in [0.25, 0.3) is 0 Å². The third-order valence-corrected chi connectivity index (χ3v) is 7.24. The molecular formula is C33H31N3O6. The molecular weight excluding hydrogens is 534 g/mol. The lowest BCUT2D eigenvalue weighted by Crippen LogP contribution is -2.53. The number of rotatable bonds is 11. The normalized spacial score (nSPS) is 13.4. The number of carbonyl (C=O) groups excluding carboxylic acids is 2. The van der Waals surface area contributed by atoms with Gasteiger partial charge in [-0.1, -0.05) is 84.9 Å². The highest BCUT2D eigenvalue weighted by atomic mass is 16.5. The average Bonchev–Trinajstić information content (AvgIpc) is 3.34. The molecule has 2 atom stereocenters. The van der Waals surface area contributed by atoms with Gasteiger partial charge in [-0.2, -0.15) is 0 Å². The van der Waals surface area contributed by atoms with Gasteiger partial charge in [0.1, 0.15) is 18.3 Å². The van der Waals surface area contributed by atoms with Crippen LogP contribution >= 0.6 is 0 Å². The summed E-state index contributed by atoms with van der Waals surface area (Å²) in [5.41, 5.74) is 5.84. The molecule has 0 bridgehead atoms. The molecule has 1 heterocycles. The van der Waals surface area contributed by atoms with Gasteiger partial charge in [-0.3, -0.25) is 4.79 Å². The molecule has 1 aliphatic carbocycles. The van der Waals surface area contributed by atoms with Crippen molar-refractivity contribution in [2.75, 3.05) is 6.61 Å². The van der Waals surface area contributed by atoms with Crippen LogP contribution in [0.3, 0.4) is 0 Å². The van der Waals surface area contributed by atoms with Crippen LogP contribution in [-0.4, -0.2) is 46.8 Å². The molecule has 9 heteroatoms. The Morgan fingerprint density at radius 2 is 1.50 bits per heavy atom. The summed E-state index contributed by atoms with van der Waals surface area (Å²) in [5.74, 6) is -1.74. The number of hydrogen-bond donors (Lipinski definition) is 3. The van der Waals surface area contributed by atoms with E-state index < -0.39 is 30.1 Å². The highest BCUT2D eigenvalue weighted by molar-refractivity contribution is 5.87. The smallest absolute Gasteiger partial charge is 0.407 e. The second-order valence-electron chi connectivity index (χ2n) is 10.0. The number of aromatic carboxylic acids is 1. The average molecular weight is 566 g/mol.